The maximum absolute atomic E-state index is 12.7. The van der Waals surface area contributed by atoms with E-state index in [0.29, 0.717) is 18.1 Å². The van der Waals surface area contributed by atoms with Gasteiger partial charge in [-0.1, -0.05) is 23.2 Å². The molecule has 0 spiro atoms. The van der Waals surface area contributed by atoms with Crippen LogP contribution in [0.2, 0.25) is 10.0 Å². The maximum atomic E-state index is 12.7. The van der Waals surface area contributed by atoms with Gasteiger partial charge >= 0.3 is 0 Å². The second kappa shape index (κ2) is 6.76. The second-order valence-corrected chi connectivity index (χ2v) is 8.00. The topological polar surface area (TPSA) is 70.8 Å². The molecule has 24 heavy (non-hydrogen) atoms. The highest BCUT2D eigenvalue weighted by Gasteiger charge is 2.31. The molecular weight excluding hydrogens is 375 g/mol. The fraction of sp³-hybridized carbons (Fsp3) is 0.267. The van der Waals surface area contributed by atoms with Crippen LogP contribution >= 0.6 is 23.2 Å². The maximum Gasteiger partial charge on any atom is 0.289 e. The highest BCUT2D eigenvalue weighted by molar-refractivity contribution is 7.89. The van der Waals surface area contributed by atoms with Crippen LogP contribution in [0.25, 0.3) is 0 Å². The van der Waals surface area contributed by atoms with Crippen LogP contribution in [0.5, 0.6) is 0 Å². The van der Waals surface area contributed by atoms with Gasteiger partial charge in [0.15, 0.2) is 5.76 Å². The minimum absolute atomic E-state index is 0.0858. The third-order valence-corrected chi connectivity index (χ3v) is 6.42. The zero-order valence-electron chi connectivity index (χ0n) is 12.5. The molecule has 0 atom stereocenters. The number of hydrogen-bond donors (Lipinski definition) is 0. The molecule has 2 aromatic rings. The number of amides is 1. The van der Waals surface area contributed by atoms with E-state index in [1.54, 1.807) is 17.0 Å². The summed E-state index contributed by atoms with van der Waals surface area (Å²) in [4.78, 5) is 13.9. The Bertz CT molecular complexity index is 844. The predicted molar refractivity (Wildman–Crippen MR) is 89.8 cm³/mol. The van der Waals surface area contributed by atoms with Crippen LogP contribution in [0, 0.1) is 0 Å². The Morgan fingerprint density at radius 2 is 1.75 bits per heavy atom. The van der Waals surface area contributed by atoms with Crippen molar-refractivity contribution in [3.05, 3.63) is 52.4 Å². The first kappa shape index (κ1) is 17.3. The van der Waals surface area contributed by atoms with Gasteiger partial charge in [0.1, 0.15) is 0 Å². The van der Waals surface area contributed by atoms with E-state index in [4.69, 9.17) is 27.6 Å². The van der Waals surface area contributed by atoms with Crippen molar-refractivity contribution in [2.24, 2.45) is 0 Å². The third kappa shape index (κ3) is 3.30. The Morgan fingerprint density at radius 1 is 1.04 bits per heavy atom. The number of benzene rings is 1. The Balaban J connectivity index is 1.71. The summed E-state index contributed by atoms with van der Waals surface area (Å²) in [6, 6.07) is 7.43. The van der Waals surface area contributed by atoms with Crippen LogP contribution in [0.15, 0.2) is 45.9 Å². The van der Waals surface area contributed by atoms with Crippen molar-refractivity contribution >= 4 is 39.1 Å². The van der Waals surface area contributed by atoms with E-state index in [-0.39, 0.29) is 34.7 Å². The number of furan rings is 1. The molecule has 0 aliphatic carbocycles. The number of rotatable bonds is 3. The minimum Gasteiger partial charge on any atom is -0.459 e. The van der Waals surface area contributed by atoms with Gasteiger partial charge in [0.2, 0.25) is 10.0 Å². The lowest BCUT2D eigenvalue weighted by Gasteiger charge is -2.33. The monoisotopic (exact) mass is 388 g/mol. The molecule has 0 N–H and O–H groups in total. The molecule has 1 aromatic heterocycles. The zero-order chi connectivity index (χ0) is 17.3. The molecule has 128 valence electrons. The van der Waals surface area contributed by atoms with E-state index in [1.807, 2.05) is 0 Å². The van der Waals surface area contributed by atoms with Gasteiger partial charge in [-0.25, -0.2) is 8.42 Å². The van der Waals surface area contributed by atoms with E-state index >= 15 is 0 Å². The summed E-state index contributed by atoms with van der Waals surface area (Å²) in [7, 11) is -3.68. The Hall–Kier alpha value is -1.54. The average Bonchev–Trinajstić information content (AvgIpc) is 3.11. The molecule has 9 heteroatoms. The van der Waals surface area contributed by atoms with Gasteiger partial charge in [-0.3, -0.25) is 4.79 Å². The molecule has 1 aliphatic heterocycles. The molecule has 1 fully saturated rings. The van der Waals surface area contributed by atoms with Crippen molar-refractivity contribution in [1.29, 1.82) is 0 Å². The average molecular weight is 389 g/mol. The zero-order valence-corrected chi connectivity index (χ0v) is 14.8. The summed E-state index contributed by atoms with van der Waals surface area (Å²) in [6.07, 6.45) is 1.43. The fourth-order valence-electron chi connectivity index (χ4n) is 2.47. The van der Waals surface area contributed by atoms with Gasteiger partial charge in [-0.2, -0.15) is 4.31 Å². The van der Waals surface area contributed by atoms with Crippen molar-refractivity contribution in [3.8, 4) is 0 Å². The summed E-state index contributed by atoms with van der Waals surface area (Å²) in [5.74, 6) is 0.00220. The normalized spacial score (nSPS) is 16.3. The van der Waals surface area contributed by atoms with Crippen LogP contribution in [0.3, 0.4) is 0 Å². The summed E-state index contributed by atoms with van der Waals surface area (Å²) < 4.78 is 31.7. The summed E-state index contributed by atoms with van der Waals surface area (Å²) >= 11 is 11.7. The molecule has 0 radical (unpaired) electrons. The largest absolute Gasteiger partial charge is 0.459 e. The third-order valence-electron chi connectivity index (χ3n) is 3.79. The van der Waals surface area contributed by atoms with Gasteiger partial charge in [-0.15, -0.1) is 0 Å². The van der Waals surface area contributed by atoms with E-state index in [0.717, 1.165) is 0 Å². The standard InChI is InChI=1S/C15H14Cl2N2O4S/c16-12-4-3-11(10-13(12)17)24(21,22)19-7-5-18(6-8-19)15(20)14-2-1-9-23-14/h1-4,9-10H,5-8H2. The van der Waals surface area contributed by atoms with Gasteiger partial charge in [0, 0.05) is 26.2 Å². The highest BCUT2D eigenvalue weighted by atomic mass is 35.5. The molecule has 1 amide bonds. The van der Waals surface area contributed by atoms with Crippen LogP contribution in [0.1, 0.15) is 10.6 Å². The molecule has 0 saturated carbocycles. The van der Waals surface area contributed by atoms with Gasteiger partial charge in [0.25, 0.3) is 5.91 Å². The number of halogens is 2. The van der Waals surface area contributed by atoms with E-state index < -0.39 is 10.0 Å². The Labute approximate surface area is 149 Å². The summed E-state index contributed by atoms with van der Waals surface area (Å²) in [6.45, 7) is 0.990. The first-order valence-corrected chi connectivity index (χ1v) is 9.37. The van der Waals surface area contributed by atoms with Crippen molar-refractivity contribution < 1.29 is 17.6 Å². The number of hydrogen-bond acceptors (Lipinski definition) is 4. The number of nitrogens with zero attached hydrogens (tertiary/aromatic N) is 2. The number of piperazine rings is 1. The molecular formula is C15H14Cl2N2O4S. The van der Waals surface area contributed by atoms with Crippen molar-refractivity contribution in [2.75, 3.05) is 26.2 Å². The van der Waals surface area contributed by atoms with E-state index in [2.05, 4.69) is 0 Å². The van der Waals surface area contributed by atoms with Gasteiger partial charge in [-0.05, 0) is 30.3 Å². The lowest BCUT2D eigenvalue weighted by Crippen LogP contribution is -2.50. The lowest BCUT2D eigenvalue weighted by atomic mass is 10.3. The minimum atomic E-state index is -3.68. The van der Waals surface area contributed by atoms with Gasteiger partial charge in [0.05, 0.1) is 21.2 Å². The number of carbonyl (C=O) groups excluding carboxylic acids is 1. The predicted octanol–water partition coefficient (Wildman–Crippen LogP) is 2.73. The van der Waals surface area contributed by atoms with Crippen LogP contribution in [-0.2, 0) is 10.0 Å². The van der Waals surface area contributed by atoms with Crippen LogP contribution < -0.4 is 0 Å². The number of sulfonamides is 1. The highest BCUT2D eigenvalue weighted by Crippen LogP contribution is 2.27. The molecule has 0 unspecified atom stereocenters. The summed E-state index contributed by atoms with van der Waals surface area (Å²) in [5, 5.41) is 0.480. The molecule has 1 aliphatic rings. The Kier molecular flexibility index (Phi) is 4.87. The smallest absolute Gasteiger partial charge is 0.289 e. The molecule has 2 heterocycles. The SMILES string of the molecule is O=C(c1ccco1)N1CCN(S(=O)(=O)c2ccc(Cl)c(Cl)c2)CC1. The van der Waals surface area contributed by atoms with Crippen molar-refractivity contribution in [1.82, 2.24) is 9.21 Å². The molecule has 0 bridgehead atoms. The van der Waals surface area contributed by atoms with Crippen molar-refractivity contribution in [3.63, 3.8) is 0 Å². The van der Waals surface area contributed by atoms with Crippen LogP contribution in [0.4, 0.5) is 0 Å². The van der Waals surface area contributed by atoms with Crippen molar-refractivity contribution in [2.45, 2.75) is 4.90 Å². The molecule has 3 rings (SSSR count). The van der Waals surface area contributed by atoms with E-state index in [1.165, 1.54) is 28.8 Å². The number of carbonyl (C=O) groups is 1. The molecule has 1 aromatic carbocycles. The summed E-state index contributed by atoms with van der Waals surface area (Å²) in [5.41, 5.74) is 0. The molecule has 1 saturated heterocycles. The van der Waals surface area contributed by atoms with Gasteiger partial charge < -0.3 is 9.32 Å². The first-order valence-electron chi connectivity index (χ1n) is 7.17. The van der Waals surface area contributed by atoms with E-state index in [9.17, 15) is 13.2 Å². The van der Waals surface area contributed by atoms with Crippen LogP contribution in [-0.4, -0.2) is 49.7 Å². The first-order chi connectivity index (χ1) is 11.4. The second-order valence-electron chi connectivity index (χ2n) is 5.25. The molecule has 6 nitrogen and oxygen atoms in total. The Morgan fingerprint density at radius 3 is 2.33 bits per heavy atom. The fourth-order valence-corrected chi connectivity index (χ4v) is 4.29. The quantitative estimate of drug-likeness (QED) is 0.810. The lowest BCUT2D eigenvalue weighted by molar-refractivity contribution is 0.0666.